The highest BCUT2D eigenvalue weighted by molar-refractivity contribution is 5.94. The molecule has 4 aromatic rings. The van der Waals surface area contributed by atoms with Gasteiger partial charge in [0.1, 0.15) is 23.0 Å². The summed E-state index contributed by atoms with van der Waals surface area (Å²) in [4.78, 5) is 49.0. The molecule has 0 bridgehead atoms. The molecule has 0 spiro atoms. The molecule has 10 nitrogen and oxygen atoms in total. The molecule has 0 unspecified atom stereocenters. The normalized spacial score (nSPS) is 10.9. The van der Waals surface area contributed by atoms with E-state index >= 15 is 0 Å². The Labute approximate surface area is 361 Å². The van der Waals surface area contributed by atoms with Crippen molar-refractivity contribution in [2.45, 2.75) is 123 Å². The molecule has 0 heterocycles. The first-order chi connectivity index (χ1) is 29.7. The second-order valence-corrected chi connectivity index (χ2v) is 15.4. The Bertz CT molecular complexity index is 1950. The molecule has 328 valence electrons. The van der Waals surface area contributed by atoms with E-state index in [2.05, 4.69) is 13.5 Å². The summed E-state index contributed by atoms with van der Waals surface area (Å²) >= 11 is 0. The van der Waals surface area contributed by atoms with Crippen LogP contribution in [0.1, 0.15) is 144 Å². The number of fused-ring (bicyclic) bond motifs is 1. The fourth-order valence-corrected chi connectivity index (χ4v) is 6.48. The van der Waals surface area contributed by atoms with E-state index in [1.807, 2.05) is 12.1 Å². The van der Waals surface area contributed by atoms with E-state index < -0.39 is 11.9 Å². The molecule has 0 aliphatic heterocycles. The van der Waals surface area contributed by atoms with E-state index in [4.69, 9.17) is 28.4 Å². The van der Waals surface area contributed by atoms with Crippen molar-refractivity contribution in [2.75, 3.05) is 26.4 Å². The molecular weight excluding hydrogens is 773 g/mol. The first-order valence-corrected chi connectivity index (χ1v) is 22.1. The number of rotatable bonds is 30. The van der Waals surface area contributed by atoms with Crippen LogP contribution in [0, 0.1) is 0 Å². The van der Waals surface area contributed by atoms with Crippen LogP contribution in [0.25, 0.3) is 10.8 Å². The summed E-state index contributed by atoms with van der Waals surface area (Å²) in [6.45, 7) is 9.41. The van der Waals surface area contributed by atoms with Crippen LogP contribution in [0.2, 0.25) is 0 Å². The third kappa shape index (κ3) is 19.1. The van der Waals surface area contributed by atoms with Crippen molar-refractivity contribution >= 4 is 34.6 Å². The van der Waals surface area contributed by atoms with Gasteiger partial charge in [0.15, 0.2) is 0 Å². The highest BCUT2D eigenvalue weighted by Gasteiger charge is 2.13. The van der Waals surface area contributed by atoms with Gasteiger partial charge < -0.3 is 28.4 Å². The number of carbonyl (C=O) groups excluding carboxylic acids is 4. The number of hydrogen-bond acceptors (Lipinski definition) is 10. The van der Waals surface area contributed by atoms with Gasteiger partial charge >= 0.3 is 23.9 Å². The van der Waals surface area contributed by atoms with Crippen LogP contribution in [-0.4, -0.2) is 50.3 Å². The van der Waals surface area contributed by atoms with Gasteiger partial charge in [-0.3, -0.25) is 4.79 Å². The predicted molar refractivity (Wildman–Crippen MR) is 239 cm³/mol. The number of esters is 4. The average Bonchev–Trinajstić information content (AvgIpc) is 3.26. The zero-order valence-electron chi connectivity index (χ0n) is 36.2. The quantitative estimate of drug-likeness (QED) is 0.0217. The fourth-order valence-electron chi connectivity index (χ4n) is 6.48. The molecule has 0 aromatic heterocycles. The van der Waals surface area contributed by atoms with Crippen molar-refractivity contribution in [1.82, 2.24) is 0 Å². The molecular formula is C51H64O10. The standard InChI is InChI=1S/C51H64O10/c1-4-5-6-7-8-11-16-33-56-44-27-21-40(22-28-44)50(54)60-46-31-25-43-38-47(32-26-42(43)37-46)61-51(55)41-23-29-45(30-24-41)57-34-17-12-9-10-13-18-35-58-48(52)20-15-14-19-36-59-49(53)39(2)3/h21-32,37-38H,2,4-20,33-36H2,1,3H3. The lowest BCUT2D eigenvalue weighted by atomic mass is 10.1. The molecule has 0 saturated heterocycles. The van der Waals surface area contributed by atoms with Crippen LogP contribution >= 0.6 is 0 Å². The Morgan fingerprint density at radius 3 is 1.31 bits per heavy atom. The summed E-state index contributed by atoms with van der Waals surface area (Å²) in [6.07, 6.45) is 17.1. The van der Waals surface area contributed by atoms with Crippen LogP contribution in [0.15, 0.2) is 97.1 Å². The van der Waals surface area contributed by atoms with Gasteiger partial charge in [0.25, 0.3) is 0 Å². The third-order valence-electron chi connectivity index (χ3n) is 10.1. The molecule has 0 aliphatic carbocycles. The van der Waals surface area contributed by atoms with Gasteiger partial charge in [0.2, 0.25) is 0 Å². The van der Waals surface area contributed by atoms with Crippen LogP contribution in [0.3, 0.4) is 0 Å². The molecule has 0 radical (unpaired) electrons. The number of hydrogen-bond donors (Lipinski definition) is 0. The second-order valence-electron chi connectivity index (χ2n) is 15.4. The maximum atomic E-state index is 12.9. The number of ether oxygens (including phenoxy) is 6. The SMILES string of the molecule is C=C(C)C(=O)OCCCCCC(=O)OCCCCCCCCOc1ccc(C(=O)Oc2ccc3cc(OC(=O)c4ccc(OCCCCCCCCC)cc4)ccc3c2)cc1. The lowest BCUT2D eigenvalue weighted by Gasteiger charge is -2.10. The van der Waals surface area contributed by atoms with Crippen LogP contribution in [0.5, 0.6) is 23.0 Å². The molecule has 0 amide bonds. The zero-order chi connectivity index (χ0) is 43.5. The smallest absolute Gasteiger partial charge is 0.343 e. The Balaban J connectivity index is 1.05. The molecule has 0 aliphatic rings. The van der Waals surface area contributed by atoms with Crippen molar-refractivity contribution < 1.29 is 47.6 Å². The zero-order valence-corrected chi connectivity index (χ0v) is 36.2. The van der Waals surface area contributed by atoms with Crippen molar-refractivity contribution in [3.63, 3.8) is 0 Å². The minimum atomic E-state index is -0.476. The summed E-state index contributed by atoms with van der Waals surface area (Å²) < 4.78 is 33.4. The Morgan fingerprint density at radius 2 is 0.852 bits per heavy atom. The molecule has 4 rings (SSSR count). The monoisotopic (exact) mass is 836 g/mol. The Morgan fingerprint density at radius 1 is 0.459 bits per heavy atom. The second kappa shape index (κ2) is 28.0. The van der Waals surface area contributed by atoms with Gasteiger partial charge in [-0.2, -0.15) is 0 Å². The molecule has 10 heteroatoms. The van der Waals surface area contributed by atoms with E-state index in [0.717, 1.165) is 74.3 Å². The van der Waals surface area contributed by atoms with Crippen LogP contribution in [-0.2, 0) is 19.1 Å². The van der Waals surface area contributed by atoms with Crippen molar-refractivity contribution in [3.8, 4) is 23.0 Å². The summed E-state index contributed by atoms with van der Waals surface area (Å²) in [5, 5.41) is 1.67. The summed E-state index contributed by atoms with van der Waals surface area (Å²) in [5.74, 6) is 0.754. The maximum Gasteiger partial charge on any atom is 0.343 e. The van der Waals surface area contributed by atoms with E-state index in [-0.39, 0.29) is 11.9 Å². The lowest BCUT2D eigenvalue weighted by molar-refractivity contribution is -0.144. The third-order valence-corrected chi connectivity index (χ3v) is 10.1. The largest absolute Gasteiger partial charge is 0.494 e. The maximum absolute atomic E-state index is 12.9. The van der Waals surface area contributed by atoms with E-state index in [9.17, 15) is 19.2 Å². The van der Waals surface area contributed by atoms with Gasteiger partial charge in [0, 0.05) is 12.0 Å². The molecule has 0 atom stereocenters. The van der Waals surface area contributed by atoms with Gasteiger partial charge in [-0.05, 0) is 129 Å². The topological polar surface area (TPSA) is 124 Å². The first kappa shape index (κ1) is 48.0. The number of unbranched alkanes of at least 4 members (excludes halogenated alkanes) is 13. The number of carbonyl (C=O) groups is 4. The summed E-state index contributed by atoms with van der Waals surface area (Å²) in [6, 6.07) is 24.6. The molecule has 0 saturated carbocycles. The van der Waals surface area contributed by atoms with Gasteiger partial charge in [0.05, 0.1) is 37.6 Å². The molecule has 0 fully saturated rings. The van der Waals surface area contributed by atoms with Gasteiger partial charge in [-0.25, -0.2) is 14.4 Å². The minimum absolute atomic E-state index is 0.179. The first-order valence-electron chi connectivity index (χ1n) is 22.1. The van der Waals surface area contributed by atoms with E-state index in [0.29, 0.717) is 79.6 Å². The van der Waals surface area contributed by atoms with E-state index in [1.165, 1.54) is 32.1 Å². The Hall–Kier alpha value is -5.64. The average molecular weight is 837 g/mol. The highest BCUT2D eigenvalue weighted by atomic mass is 16.5. The lowest BCUT2D eigenvalue weighted by Crippen LogP contribution is -2.09. The minimum Gasteiger partial charge on any atom is -0.494 e. The van der Waals surface area contributed by atoms with Crippen LogP contribution in [0.4, 0.5) is 0 Å². The van der Waals surface area contributed by atoms with Crippen molar-refractivity contribution in [3.05, 3.63) is 108 Å². The van der Waals surface area contributed by atoms with E-state index in [1.54, 1.807) is 79.7 Å². The Kier molecular flexibility index (Phi) is 22.0. The molecule has 4 aromatic carbocycles. The molecule has 0 N–H and O–H groups in total. The molecule has 61 heavy (non-hydrogen) atoms. The summed E-state index contributed by atoms with van der Waals surface area (Å²) in [5.41, 5.74) is 1.23. The van der Waals surface area contributed by atoms with Crippen molar-refractivity contribution in [1.29, 1.82) is 0 Å². The fraction of sp³-hybridized carbons (Fsp3) is 0.451. The predicted octanol–water partition coefficient (Wildman–Crippen LogP) is 12.3. The van der Waals surface area contributed by atoms with Gasteiger partial charge in [-0.1, -0.05) is 89.8 Å². The highest BCUT2D eigenvalue weighted by Crippen LogP contribution is 2.27. The summed E-state index contributed by atoms with van der Waals surface area (Å²) in [7, 11) is 0. The van der Waals surface area contributed by atoms with Gasteiger partial charge in [-0.15, -0.1) is 0 Å². The number of benzene rings is 4. The van der Waals surface area contributed by atoms with Crippen LogP contribution < -0.4 is 18.9 Å². The van der Waals surface area contributed by atoms with Crippen molar-refractivity contribution in [2.24, 2.45) is 0 Å².